The zero-order valence-corrected chi connectivity index (χ0v) is 8.06. The third-order valence-corrected chi connectivity index (χ3v) is 1.93. The second kappa shape index (κ2) is 3.87. The van der Waals surface area contributed by atoms with Crippen LogP contribution in [0.2, 0.25) is 0 Å². The van der Waals surface area contributed by atoms with Crippen molar-refractivity contribution in [1.29, 1.82) is 0 Å². The lowest BCUT2D eigenvalue weighted by atomic mass is 10.2. The number of halogens is 2. The van der Waals surface area contributed by atoms with Gasteiger partial charge in [-0.05, 0) is 12.1 Å². The summed E-state index contributed by atoms with van der Waals surface area (Å²) in [6, 6.07) is 3.02. The topological polar surface area (TPSA) is 29.5 Å². The summed E-state index contributed by atoms with van der Waals surface area (Å²) in [5, 5.41) is 8.75. The average Bonchev–Trinajstić information content (AvgIpc) is 2.08. The van der Waals surface area contributed by atoms with Crippen LogP contribution >= 0.6 is 15.9 Å². The van der Waals surface area contributed by atoms with Crippen LogP contribution in [0.4, 0.5) is 4.39 Å². The van der Waals surface area contributed by atoms with Crippen molar-refractivity contribution in [2.45, 2.75) is 6.61 Å². The van der Waals surface area contributed by atoms with Gasteiger partial charge in [-0.25, -0.2) is 4.39 Å². The molecule has 0 fully saturated rings. The lowest BCUT2D eigenvalue weighted by Crippen LogP contribution is -1.94. The molecule has 0 saturated carbocycles. The predicted octanol–water partition coefficient (Wildman–Crippen LogP) is 2.09. The molecule has 4 heteroatoms. The summed E-state index contributed by atoms with van der Waals surface area (Å²) >= 11 is 3.17. The molecule has 0 aliphatic rings. The Balaban J connectivity index is 3.22. The van der Waals surface area contributed by atoms with Gasteiger partial charge in [0, 0.05) is 10.0 Å². The average molecular weight is 235 g/mol. The summed E-state index contributed by atoms with van der Waals surface area (Å²) in [6.07, 6.45) is 0. The Hall–Kier alpha value is -0.610. The third kappa shape index (κ3) is 1.76. The maximum absolute atomic E-state index is 13.1. The molecule has 66 valence electrons. The lowest BCUT2D eigenvalue weighted by molar-refractivity contribution is 0.272. The van der Waals surface area contributed by atoms with Gasteiger partial charge in [0.15, 0.2) is 11.6 Å². The van der Waals surface area contributed by atoms with Crippen LogP contribution in [0.15, 0.2) is 16.6 Å². The largest absolute Gasteiger partial charge is 0.494 e. The fourth-order valence-corrected chi connectivity index (χ4v) is 1.37. The predicted molar refractivity (Wildman–Crippen MR) is 46.6 cm³/mol. The van der Waals surface area contributed by atoms with Gasteiger partial charge >= 0.3 is 0 Å². The Bertz CT molecular complexity index is 263. The third-order valence-electron chi connectivity index (χ3n) is 1.47. The van der Waals surface area contributed by atoms with Crippen molar-refractivity contribution in [2.24, 2.45) is 0 Å². The molecule has 0 amide bonds. The molecule has 0 bridgehead atoms. The van der Waals surface area contributed by atoms with Crippen molar-refractivity contribution >= 4 is 15.9 Å². The van der Waals surface area contributed by atoms with E-state index in [1.807, 2.05) is 0 Å². The molecule has 1 rings (SSSR count). The molecule has 1 N–H and O–H groups in total. The zero-order chi connectivity index (χ0) is 9.14. The molecular weight excluding hydrogens is 227 g/mol. The smallest absolute Gasteiger partial charge is 0.170 e. The monoisotopic (exact) mass is 234 g/mol. The van der Waals surface area contributed by atoms with Crippen LogP contribution < -0.4 is 4.74 Å². The van der Waals surface area contributed by atoms with Crippen LogP contribution in [-0.2, 0) is 6.61 Å². The highest BCUT2D eigenvalue weighted by Gasteiger charge is 2.08. The van der Waals surface area contributed by atoms with E-state index in [2.05, 4.69) is 15.9 Å². The quantitative estimate of drug-likeness (QED) is 0.850. The molecule has 0 radical (unpaired) electrons. The van der Waals surface area contributed by atoms with Crippen molar-refractivity contribution in [2.75, 3.05) is 7.11 Å². The van der Waals surface area contributed by atoms with E-state index < -0.39 is 5.82 Å². The fraction of sp³-hybridized carbons (Fsp3) is 0.250. The van der Waals surface area contributed by atoms with E-state index in [0.717, 1.165) is 0 Å². The van der Waals surface area contributed by atoms with E-state index in [9.17, 15) is 4.39 Å². The first-order chi connectivity index (χ1) is 5.69. The van der Waals surface area contributed by atoms with Crippen LogP contribution in [0, 0.1) is 5.82 Å². The van der Waals surface area contributed by atoms with E-state index in [-0.39, 0.29) is 17.9 Å². The van der Waals surface area contributed by atoms with Crippen molar-refractivity contribution in [1.82, 2.24) is 0 Å². The summed E-state index contributed by atoms with van der Waals surface area (Å²) in [4.78, 5) is 0. The number of hydrogen-bond donors (Lipinski definition) is 1. The molecule has 1 aromatic carbocycles. The molecule has 0 unspecified atom stereocenters. The summed E-state index contributed by atoms with van der Waals surface area (Å²) in [5.74, 6) is -0.378. The normalized spacial score (nSPS) is 10.0. The van der Waals surface area contributed by atoms with E-state index in [1.54, 1.807) is 0 Å². The molecule has 12 heavy (non-hydrogen) atoms. The zero-order valence-electron chi connectivity index (χ0n) is 6.47. The number of aliphatic hydroxyl groups is 1. The number of aliphatic hydroxyl groups excluding tert-OH is 1. The molecule has 0 aromatic heterocycles. The molecule has 0 atom stereocenters. The van der Waals surface area contributed by atoms with Gasteiger partial charge in [-0.3, -0.25) is 0 Å². The van der Waals surface area contributed by atoms with Crippen LogP contribution in [0.5, 0.6) is 5.75 Å². The van der Waals surface area contributed by atoms with Gasteiger partial charge in [0.05, 0.1) is 13.7 Å². The Kier molecular flexibility index (Phi) is 3.05. The maximum atomic E-state index is 13.1. The molecule has 0 aliphatic heterocycles. The van der Waals surface area contributed by atoms with E-state index in [4.69, 9.17) is 9.84 Å². The van der Waals surface area contributed by atoms with Crippen molar-refractivity contribution in [3.05, 3.63) is 28.0 Å². The highest BCUT2D eigenvalue weighted by Crippen LogP contribution is 2.25. The lowest BCUT2D eigenvalue weighted by Gasteiger charge is -2.05. The Labute approximate surface area is 78.1 Å². The maximum Gasteiger partial charge on any atom is 0.170 e. The van der Waals surface area contributed by atoms with Gasteiger partial charge < -0.3 is 9.84 Å². The Morgan fingerprint density at radius 3 is 2.75 bits per heavy atom. The van der Waals surface area contributed by atoms with Gasteiger partial charge in [0.25, 0.3) is 0 Å². The van der Waals surface area contributed by atoms with Crippen LogP contribution in [0.3, 0.4) is 0 Å². The van der Waals surface area contributed by atoms with Crippen LogP contribution in [0.1, 0.15) is 5.56 Å². The van der Waals surface area contributed by atoms with E-state index in [1.165, 1.54) is 19.2 Å². The number of rotatable bonds is 2. The van der Waals surface area contributed by atoms with Gasteiger partial charge in [-0.1, -0.05) is 15.9 Å². The molecule has 2 nitrogen and oxygen atoms in total. The number of methoxy groups -OCH3 is 1. The van der Waals surface area contributed by atoms with Crippen molar-refractivity contribution in [3.63, 3.8) is 0 Å². The molecule has 0 aliphatic carbocycles. The molecule has 1 aromatic rings. The van der Waals surface area contributed by atoms with Gasteiger partial charge in [-0.15, -0.1) is 0 Å². The minimum atomic E-state index is -0.511. The molecule has 0 saturated heterocycles. The molecule has 0 heterocycles. The highest BCUT2D eigenvalue weighted by atomic mass is 79.9. The SMILES string of the molecule is COc1cc(Br)cc(CO)c1F. The van der Waals surface area contributed by atoms with E-state index in [0.29, 0.717) is 4.47 Å². The Morgan fingerprint density at radius 1 is 1.58 bits per heavy atom. The number of ether oxygens (including phenoxy) is 1. The second-order valence-electron chi connectivity index (χ2n) is 2.24. The van der Waals surface area contributed by atoms with Crippen LogP contribution in [-0.4, -0.2) is 12.2 Å². The summed E-state index contributed by atoms with van der Waals surface area (Å²) in [5.41, 5.74) is 0.223. The molecule has 0 spiro atoms. The number of hydrogen-bond acceptors (Lipinski definition) is 2. The fourth-order valence-electron chi connectivity index (χ4n) is 0.882. The van der Waals surface area contributed by atoms with Crippen LogP contribution in [0.25, 0.3) is 0 Å². The van der Waals surface area contributed by atoms with Crippen molar-refractivity contribution in [3.8, 4) is 5.75 Å². The minimum Gasteiger partial charge on any atom is -0.494 e. The first kappa shape index (κ1) is 9.48. The first-order valence-corrected chi connectivity index (χ1v) is 4.11. The summed E-state index contributed by atoms with van der Waals surface area (Å²) in [6.45, 7) is -0.332. The highest BCUT2D eigenvalue weighted by molar-refractivity contribution is 9.10. The second-order valence-corrected chi connectivity index (χ2v) is 3.15. The van der Waals surface area contributed by atoms with Gasteiger partial charge in [-0.2, -0.15) is 0 Å². The van der Waals surface area contributed by atoms with Crippen molar-refractivity contribution < 1.29 is 14.2 Å². The summed E-state index contributed by atoms with van der Waals surface area (Å²) in [7, 11) is 1.38. The Morgan fingerprint density at radius 2 is 2.25 bits per heavy atom. The standard InChI is InChI=1S/C8H8BrFO2/c1-12-7-3-6(9)2-5(4-11)8(7)10/h2-3,11H,4H2,1H3. The van der Waals surface area contributed by atoms with Gasteiger partial charge in [0.2, 0.25) is 0 Å². The minimum absolute atomic E-state index is 0.133. The first-order valence-electron chi connectivity index (χ1n) is 3.31. The molecular formula is C8H8BrFO2. The van der Waals surface area contributed by atoms with Gasteiger partial charge in [0.1, 0.15) is 0 Å². The summed E-state index contributed by atoms with van der Waals surface area (Å²) < 4.78 is 18.6. The number of benzene rings is 1. The van der Waals surface area contributed by atoms with E-state index >= 15 is 0 Å².